The minimum atomic E-state index is -0.00602. The predicted octanol–water partition coefficient (Wildman–Crippen LogP) is 14.9. The third-order valence-corrected chi connectivity index (χ3v) is 12.2. The van der Waals surface area contributed by atoms with E-state index in [1.54, 1.807) is 0 Å². The Morgan fingerprint density at radius 1 is 0.547 bits per heavy atom. The van der Waals surface area contributed by atoms with Crippen LogP contribution in [0.25, 0.3) is 105 Å². The van der Waals surface area contributed by atoms with E-state index in [-0.39, 0.29) is 10.8 Å². The Kier molecular flexibility index (Phi) is 6.95. The van der Waals surface area contributed by atoms with Crippen LogP contribution in [0.2, 0.25) is 0 Å². The third-order valence-electron chi connectivity index (χ3n) is 12.2. The molecule has 0 N–H and O–H groups in total. The highest BCUT2D eigenvalue weighted by atomic mass is 14.3. The summed E-state index contributed by atoms with van der Waals surface area (Å²) in [6.07, 6.45) is 2.08. The summed E-state index contributed by atoms with van der Waals surface area (Å²) in [4.78, 5) is 0. The van der Waals surface area contributed by atoms with Gasteiger partial charge in [0.05, 0.1) is 0 Å². The van der Waals surface area contributed by atoms with Crippen LogP contribution < -0.4 is 5.22 Å². The van der Waals surface area contributed by atoms with Gasteiger partial charge < -0.3 is 0 Å². The molecule has 0 unspecified atom stereocenters. The third kappa shape index (κ3) is 4.54. The number of fused-ring (bicyclic) bond motifs is 9. The SMILES string of the molecule is C=Cc1c2cc3c4c(C)ccc(C(=C)C)c4c4cccc(c2cc2c1c(=C)c1c(C)c5ccccc5c(-c5cc(C(C)(C)C)cc(C(C)(C)C)c5)c12)c34. The zero-order valence-electron chi connectivity index (χ0n) is 32.8. The number of hydrogen-bond acceptors (Lipinski definition) is 0. The molecule has 0 saturated heterocycles. The van der Waals surface area contributed by atoms with Gasteiger partial charge in [-0.1, -0.05) is 146 Å². The smallest absolute Gasteiger partial charge is 0.00110 e. The van der Waals surface area contributed by atoms with Gasteiger partial charge in [-0.3, -0.25) is 0 Å². The van der Waals surface area contributed by atoms with Crippen molar-refractivity contribution in [2.75, 3.05) is 0 Å². The van der Waals surface area contributed by atoms with E-state index in [1.165, 1.54) is 114 Å². The maximum absolute atomic E-state index is 4.91. The van der Waals surface area contributed by atoms with Crippen molar-refractivity contribution < 1.29 is 0 Å². The minimum absolute atomic E-state index is 0.00602. The van der Waals surface area contributed by atoms with E-state index >= 15 is 0 Å². The molecule has 9 rings (SSSR count). The molecule has 260 valence electrons. The van der Waals surface area contributed by atoms with E-state index in [0.29, 0.717) is 0 Å². The predicted molar refractivity (Wildman–Crippen MR) is 238 cm³/mol. The largest absolute Gasteiger partial charge is 0.0984 e. The molecule has 0 fully saturated rings. The van der Waals surface area contributed by atoms with Crippen LogP contribution in [0.5, 0.6) is 0 Å². The lowest BCUT2D eigenvalue weighted by Crippen LogP contribution is -2.16. The van der Waals surface area contributed by atoms with Crippen LogP contribution in [0.4, 0.5) is 0 Å². The molecule has 53 heavy (non-hydrogen) atoms. The highest BCUT2D eigenvalue weighted by Gasteiger charge is 2.26. The molecule has 0 aliphatic rings. The molecular formula is C53H48. The van der Waals surface area contributed by atoms with Crippen molar-refractivity contribution in [2.45, 2.75) is 73.1 Å². The first-order valence-corrected chi connectivity index (χ1v) is 19.0. The van der Waals surface area contributed by atoms with Crippen LogP contribution >= 0.6 is 0 Å². The van der Waals surface area contributed by atoms with Crippen LogP contribution in [-0.2, 0) is 10.8 Å². The van der Waals surface area contributed by atoms with Crippen LogP contribution in [0.15, 0.2) is 98.1 Å². The van der Waals surface area contributed by atoms with E-state index in [2.05, 4.69) is 166 Å². The average molecular weight is 685 g/mol. The fourth-order valence-electron chi connectivity index (χ4n) is 9.53. The Labute approximate surface area is 313 Å². The van der Waals surface area contributed by atoms with Crippen molar-refractivity contribution in [3.63, 3.8) is 0 Å². The van der Waals surface area contributed by atoms with Crippen molar-refractivity contribution in [1.29, 1.82) is 0 Å². The number of allylic oxidation sites excluding steroid dienone is 1. The van der Waals surface area contributed by atoms with E-state index in [0.717, 1.165) is 16.4 Å². The molecule has 0 amide bonds. The van der Waals surface area contributed by atoms with Crippen LogP contribution in [0.3, 0.4) is 0 Å². The Balaban J connectivity index is 1.55. The van der Waals surface area contributed by atoms with Gasteiger partial charge in [0, 0.05) is 0 Å². The summed E-state index contributed by atoms with van der Waals surface area (Å²) in [5.74, 6) is 0. The lowest BCUT2D eigenvalue weighted by molar-refractivity contribution is 0.569. The second-order valence-electron chi connectivity index (χ2n) is 17.7. The second kappa shape index (κ2) is 11.0. The summed E-state index contributed by atoms with van der Waals surface area (Å²) in [7, 11) is 0. The van der Waals surface area contributed by atoms with E-state index in [9.17, 15) is 0 Å². The maximum atomic E-state index is 4.91. The van der Waals surface area contributed by atoms with Gasteiger partial charge in [0.15, 0.2) is 0 Å². The van der Waals surface area contributed by atoms with Crippen molar-refractivity contribution in [3.8, 4) is 11.1 Å². The topological polar surface area (TPSA) is 0 Å². The quantitative estimate of drug-likeness (QED) is 0.163. The molecule has 9 aromatic rings. The molecule has 0 heteroatoms. The standard InChI is InChI=1S/C53H48/c1-13-35-41-26-43-45-29(4)21-22-36(28(2)3)50(45)40-20-16-19-39(49(40)43)42(41)27-44-47(35)31(6)46-30(5)37-17-14-15-18-38(37)48(51(44)46)32-23-33(52(7,8)9)25-34(24-32)53(10,11)12/h13-27H,1-2,6H2,3-5,7-12H3. The molecule has 0 heterocycles. The summed E-state index contributed by atoms with van der Waals surface area (Å²) in [5, 5.41) is 19.0. The van der Waals surface area contributed by atoms with Crippen molar-refractivity contribution in [1.82, 2.24) is 0 Å². The fourth-order valence-corrected chi connectivity index (χ4v) is 9.53. The molecule has 0 nitrogen and oxygen atoms in total. The van der Waals surface area contributed by atoms with Crippen molar-refractivity contribution in [2.24, 2.45) is 0 Å². The van der Waals surface area contributed by atoms with Gasteiger partial charge in [0.1, 0.15) is 0 Å². The summed E-state index contributed by atoms with van der Waals surface area (Å²) < 4.78 is 0. The van der Waals surface area contributed by atoms with Gasteiger partial charge in [-0.05, 0) is 169 Å². The lowest BCUT2D eigenvalue weighted by atomic mass is 9.78. The Morgan fingerprint density at radius 2 is 1.15 bits per heavy atom. The summed E-state index contributed by atoms with van der Waals surface area (Å²) in [6.45, 7) is 34.4. The number of rotatable bonds is 3. The molecule has 0 bridgehead atoms. The fraction of sp³-hybridized carbons (Fsp3) is 0.208. The molecule has 0 aliphatic carbocycles. The summed E-state index contributed by atoms with van der Waals surface area (Å²) >= 11 is 0. The van der Waals surface area contributed by atoms with Crippen LogP contribution in [0, 0.1) is 13.8 Å². The van der Waals surface area contributed by atoms with Crippen molar-refractivity contribution >= 4 is 93.6 Å². The molecule has 0 aromatic heterocycles. The highest BCUT2D eigenvalue weighted by Crippen LogP contribution is 2.49. The molecule has 0 aliphatic heterocycles. The number of hydrogen-bond donors (Lipinski definition) is 0. The van der Waals surface area contributed by atoms with Crippen molar-refractivity contribution in [3.05, 3.63) is 137 Å². The van der Waals surface area contributed by atoms with Gasteiger partial charge in [0.2, 0.25) is 0 Å². The first-order valence-electron chi connectivity index (χ1n) is 19.0. The lowest BCUT2D eigenvalue weighted by Gasteiger charge is -2.27. The highest BCUT2D eigenvalue weighted by molar-refractivity contribution is 6.38. The van der Waals surface area contributed by atoms with Gasteiger partial charge in [-0.25, -0.2) is 0 Å². The first kappa shape index (κ1) is 33.4. The summed E-state index contributed by atoms with van der Waals surface area (Å²) in [6, 6.07) is 32.6. The second-order valence-corrected chi connectivity index (χ2v) is 17.7. The first-order chi connectivity index (χ1) is 25.1. The molecular weight excluding hydrogens is 637 g/mol. The molecule has 0 spiro atoms. The zero-order valence-corrected chi connectivity index (χ0v) is 32.8. The monoisotopic (exact) mass is 684 g/mol. The van der Waals surface area contributed by atoms with E-state index in [1.807, 2.05) is 0 Å². The Morgan fingerprint density at radius 3 is 1.79 bits per heavy atom. The average Bonchev–Trinajstić information content (AvgIpc) is 3.60. The molecule has 0 radical (unpaired) electrons. The maximum Gasteiger partial charge on any atom is -0.00110 e. The minimum Gasteiger partial charge on any atom is -0.0984 e. The van der Waals surface area contributed by atoms with Crippen LogP contribution in [0.1, 0.15) is 81.8 Å². The number of aryl methyl sites for hydroxylation is 2. The van der Waals surface area contributed by atoms with Gasteiger partial charge in [-0.15, -0.1) is 0 Å². The normalized spacial score (nSPS) is 12.8. The number of benzene rings is 7. The Bertz CT molecular complexity index is 3100. The van der Waals surface area contributed by atoms with E-state index in [4.69, 9.17) is 6.58 Å². The van der Waals surface area contributed by atoms with E-state index < -0.39 is 0 Å². The van der Waals surface area contributed by atoms with Gasteiger partial charge in [0.25, 0.3) is 0 Å². The van der Waals surface area contributed by atoms with Crippen LogP contribution in [-0.4, -0.2) is 0 Å². The summed E-state index contributed by atoms with van der Waals surface area (Å²) in [5.41, 5.74) is 11.3. The molecule has 0 atom stereocenters. The van der Waals surface area contributed by atoms with Gasteiger partial charge in [-0.2, -0.15) is 0 Å². The Hall–Kier alpha value is -5.46. The molecule has 0 saturated carbocycles. The van der Waals surface area contributed by atoms with Gasteiger partial charge >= 0.3 is 0 Å². The molecule has 9 aromatic carbocycles. The zero-order chi connectivity index (χ0) is 37.5.